The molecule has 2 nitrogen and oxygen atoms in total. The third-order valence-corrected chi connectivity index (χ3v) is 10.3. The Morgan fingerprint density at radius 1 is 1.00 bits per heavy atom. The highest BCUT2D eigenvalue weighted by atomic mass is 35.5. The van der Waals surface area contributed by atoms with Gasteiger partial charge in [0.15, 0.2) is 4.33 Å². The van der Waals surface area contributed by atoms with Crippen LogP contribution in [0.25, 0.3) is 0 Å². The molecule has 9 heteroatoms. The summed E-state index contributed by atoms with van der Waals surface area (Å²) in [5, 5.41) is 0.410. The Morgan fingerprint density at radius 3 is 2.20 bits per heavy atom. The van der Waals surface area contributed by atoms with Crippen molar-refractivity contribution in [3.8, 4) is 0 Å². The molecule has 0 N–H and O–H groups in total. The maximum Gasteiger partial charge on any atom is 0.308 e. The SMILES string of the molecule is O=C(OCCCCCl)[C@@H]1CC[C@@H]2[C@@H](C1)[C@@]1(Cl)C(Cl)=C(Cl)[C@@]2(Cl)C1(Cl)Cl. The molecular weight excluding hydrogens is 472 g/mol. The zero-order chi connectivity index (χ0) is 18.6. The second-order valence-electron chi connectivity index (χ2n) is 6.91. The molecule has 142 valence electrons. The lowest BCUT2D eigenvalue weighted by Crippen LogP contribution is -2.44. The lowest BCUT2D eigenvalue weighted by atomic mass is 9.69. The normalized spacial score (nSPS) is 41.8. The first-order chi connectivity index (χ1) is 11.6. The number of carbonyl (C=O) groups is 1. The monoisotopic (exact) mass is 486 g/mol. The van der Waals surface area contributed by atoms with Gasteiger partial charge in [0.25, 0.3) is 0 Å². The molecule has 3 rings (SSSR count). The van der Waals surface area contributed by atoms with E-state index in [2.05, 4.69) is 0 Å². The molecule has 0 aromatic carbocycles. The van der Waals surface area contributed by atoms with Crippen molar-refractivity contribution in [2.75, 3.05) is 12.5 Å². The van der Waals surface area contributed by atoms with Crippen LogP contribution in [0.2, 0.25) is 0 Å². The van der Waals surface area contributed by atoms with E-state index < -0.39 is 14.1 Å². The number of alkyl halides is 5. The van der Waals surface area contributed by atoms with Gasteiger partial charge in [0.1, 0.15) is 9.75 Å². The van der Waals surface area contributed by atoms with E-state index in [-0.39, 0.29) is 33.8 Å². The fourth-order valence-electron chi connectivity index (χ4n) is 4.44. The zero-order valence-electron chi connectivity index (χ0n) is 13.1. The van der Waals surface area contributed by atoms with Crippen LogP contribution in [-0.4, -0.2) is 32.5 Å². The van der Waals surface area contributed by atoms with Gasteiger partial charge in [-0.1, -0.05) is 46.4 Å². The number of allylic oxidation sites excluding steroid dienone is 2. The van der Waals surface area contributed by atoms with Gasteiger partial charge >= 0.3 is 5.97 Å². The minimum absolute atomic E-state index is 0.142. The Bertz CT molecular complexity index is 607. The molecule has 0 aromatic rings. The van der Waals surface area contributed by atoms with Gasteiger partial charge in [0.2, 0.25) is 0 Å². The molecule has 3 aliphatic rings. The summed E-state index contributed by atoms with van der Waals surface area (Å²) in [5.41, 5.74) is 0. The van der Waals surface area contributed by atoms with Crippen LogP contribution in [0, 0.1) is 17.8 Å². The summed E-state index contributed by atoms with van der Waals surface area (Å²) in [4.78, 5) is 9.86. The van der Waals surface area contributed by atoms with Crippen LogP contribution in [0.3, 0.4) is 0 Å². The summed E-state index contributed by atoms with van der Waals surface area (Å²) in [5.74, 6) is -0.348. The maximum absolute atomic E-state index is 12.4. The van der Waals surface area contributed by atoms with Crippen LogP contribution in [0.1, 0.15) is 32.1 Å². The Morgan fingerprint density at radius 2 is 1.60 bits per heavy atom. The summed E-state index contributed by atoms with van der Waals surface area (Å²) < 4.78 is 3.82. The molecule has 0 unspecified atom stereocenters. The first-order valence-electron chi connectivity index (χ1n) is 8.18. The highest BCUT2D eigenvalue weighted by Gasteiger charge is 2.82. The zero-order valence-corrected chi connectivity index (χ0v) is 18.4. The van der Waals surface area contributed by atoms with Gasteiger partial charge < -0.3 is 4.74 Å². The van der Waals surface area contributed by atoms with Crippen LogP contribution in [0.4, 0.5) is 0 Å². The number of unbranched alkanes of at least 4 members (excludes halogenated alkanes) is 1. The summed E-state index contributed by atoms with van der Waals surface area (Å²) >= 11 is 45.1. The molecule has 0 saturated heterocycles. The van der Waals surface area contributed by atoms with E-state index in [1.165, 1.54) is 0 Å². The lowest BCUT2D eigenvalue weighted by Gasteiger charge is -2.42. The number of ether oxygens (including phenoxy) is 1. The number of carbonyl (C=O) groups excluding carboxylic acids is 1. The Labute approximate surface area is 182 Å². The third-order valence-electron chi connectivity index (χ3n) is 5.72. The van der Waals surface area contributed by atoms with Crippen molar-refractivity contribution >= 4 is 87.2 Å². The molecule has 5 atom stereocenters. The minimum atomic E-state index is -1.54. The van der Waals surface area contributed by atoms with Crippen LogP contribution >= 0.6 is 81.2 Å². The molecule has 0 aliphatic heterocycles. The average molecular weight is 489 g/mol. The summed E-state index contributed by atoms with van der Waals surface area (Å²) in [7, 11) is 0. The Balaban J connectivity index is 1.78. The van der Waals surface area contributed by atoms with Gasteiger partial charge in [-0.25, -0.2) is 0 Å². The number of rotatable bonds is 5. The van der Waals surface area contributed by atoms with Crippen molar-refractivity contribution in [1.82, 2.24) is 0 Å². The predicted octanol–water partition coefficient (Wildman–Crippen LogP) is 6.43. The first kappa shape index (κ1) is 21.0. The smallest absolute Gasteiger partial charge is 0.308 e. The molecule has 0 amide bonds. The van der Waals surface area contributed by atoms with Gasteiger partial charge in [0, 0.05) is 5.88 Å². The average Bonchev–Trinajstić information content (AvgIpc) is 2.79. The van der Waals surface area contributed by atoms with E-state index in [0.29, 0.717) is 31.7 Å². The highest BCUT2D eigenvalue weighted by molar-refractivity contribution is 6.65. The van der Waals surface area contributed by atoms with Gasteiger partial charge in [0.05, 0.1) is 22.6 Å². The Hall–Kier alpha value is 1.24. The predicted molar refractivity (Wildman–Crippen MR) is 106 cm³/mol. The van der Waals surface area contributed by atoms with E-state index in [1.54, 1.807) is 0 Å². The van der Waals surface area contributed by atoms with Crippen LogP contribution in [0.15, 0.2) is 10.1 Å². The number of esters is 1. The number of hydrogen-bond donors (Lipinski definition) is 0. The minimum Gasteiger partial charge on any atom is -0.465 e. The topological polar surface area (TPSA) is 26.3 Å². The Kier molecular flexibility index (Phi) is 6.08. The fourth-order valence-corrected chi connectivity index (χ4v) is 7.76. The van der Waals surface area contributed by atoms with Gasteiger partial charge in [-0.05, 0) is 43.9 Å². The van der Waals surface area contributed by atoms with Gasteiger partial charge in [-0.3, -0.25) is 4.79 Å². The van der Waals surface area contributed by atoms with Crippen molar-refractivity contribution < 1.29 is 9.53 Å². The van der Waals surface area contributed by atoms with Gasteiger partial charge in [-0.15, -0.1) is 34.8 Å². The molecule has 3 aliphatic carbocycles. The van der Waals surface area contributed by atoms with Crippen molar-refractivity contribution in [1.29, 1.82) is 0 Å². The molecule has 2 fully saturated rings. The summed E-state index contributed by atoms with van der Waals surface area (Å²) in [6, 6.07) is 0. The molecule has 0 spiro atoms. The lowest BCUT2D eigenvalue weighted by molar-refractivity contribution is -0.150. The number of halogens is 7. The second kappa shape index (κ2) is 7.25. The van der Waals surface area contributed by atoms with Crippen molar-refractivity contribution in [2.45, 2.75) is 46.2 Å². The summed E-state index contributed by atoms with van der Waals surface area (Å²) in [6.07, 6.45) is 3.28. The first-order valence-corrected chi connectivity index (χ1v) is 11.0. The second-order valence-corrected chi connectivity index (χ2v) is 10.6. The number of hydrogen-bond acceptors (Lipinski definition) is 2. The third kappa shape index (κ3) is 2.76. The molecule has 0 radical (unpaired) electrons. The molecule has 2 saturated carbocycles. The summed E-state index contributed by atoms with van der Waals surface area (Å²) in [6.45, 7) is 0.364. The quantitative estimate of drug-likeness (QED) is 0.253. The van der Waals surface area contributed by atoms with Crippen LogP contribution in [-0.2, 0) is 9.53 Å². The number of fused-ring (bicyclic) bond motifs is 5. The molecule has 0 heterocycles. The van der Waals surface area contributed by atoms with Crippen molar-refractivity contribution in [3.63, 3.8) is 0 Å². The van der Waals surface area contributed by atoms with E-state index in [1.807, 2.05) is 0 Å². The van der Waals surface area contributed by atoms with E-state index in [9.17, 15) is 4.79 Å². The molecule has 25 heavy (non-hydrogen) atoms. The van der Waals surface area contributed by atoms with Crippen LogP contribution < -0.4 is 0 Å². The van der Waals surface area contributed by atoms with Crippen molar-refractivity contribution in [3.05, 3.63) is 10.1 Å². The van der Waals surface area contributed by atoms with Crippen molar-refractivity contribution in [2.24, 2.45) is 17.8 Å². The molecular formula is C16H17Cl7O2. The highest BCUT2D eigenvalue weighted by Crippen LogP contribution is 2.78. The largest absolute Gasteiger partial charge is 0.465 e. The van der Waals surface area contributed by atoms with E-state index >= 15 is 0 Å². The van der Waals surface area contributed by atoms with E-state index in [4.69, 9.17) is 85.9 Å². The molecule has 2 bridgehead atoms. The fraction of sp³-hybridized carbons (Fsp3) is 0.812. The standard InChI is InChI=1S/C16H17Cl7O2/c17-5-1-2-6-25-13(24)8-3-4-9-10(7-8)15(21)12(19)11(18)14(9,20)16(15,22)23/h8-10H,1-7H2/t8-,9-,10-,14-,15-/m1/s1. The van der Waals surface area contributed by atoms with E-state index in [0.717, 1.165) is 12.8 Å². The van der Waals surface area contributed by atoms with Crippen LogP contribution in [0.5, 0.6) is 0 Å². The molecule has 0 aromatic heterocycles. The van der Waals surface area contributed by atoms with Gasteiger partial charge in [-0.2, -0.15) is 0 Å². The maximum atomic E-state index is 12.4.